The third kappa shape index (κ3) is 4.68. The highest BCUT2D eigenvalue weighted by molar-refractivity contribution is 6.05. The van der Waals surface area contributed by atoms with Gasteiger partial charge >= 0.3 is 5.97 Å². The maximum atomic E-state index is 14.8. The second-order valence-electron chi connectivity index (χ2n) is 11.3. The Morgan fingerprint density at radius 1 is 1.17 bits per heavy atom. The molecule has 9 heteroatoms. The number of aliphatic hydroxyl groups is 1. The van der Waals surface area contributed by atoms with Crippen LogP contribution in [0.25, 0.3) is 0 Å². The molecule has 0 radical (unpaired) electrons. The van der Waals surface area contributed by atoms with Crippen molar-refractivity contribution in [1.29, 1.82) is 0 Å². The lowest BCUT2D eigenvalue weighted by molar-refractivity contribution is -0.161. The summed E-state index contributed by atoms with van der Waals surface area (Å²) in [5, 5.41) is 10.7. The minimum Gasteiger partial charge on any atom is -0.497 e. The molecule has 9 nitrogen and oxygen atoms in total. The Morgan fingerprint density at radius 2 is 1.88 bits per heavy atom. The summed E-state index contributed by atoms with van der Waals surface area (Å²) in [5.41, 5.74) is -0.608. The summed E-state index contributed by atoms with van der Waals surface area (Å²) in [6.45, 7) is 7.55. The van der Waals surface area contributed by atoms with Crippen LogP contribution in [0.1, 0.15) is 38.7 Å². The fraction of sp³-hybridized carbons (Fsp3) is 0.485. The average molecular weight is 577 g/mol. The number of hydrogen-bond donors (Lipinski definition) is 1. The molecule has 2 aromatic carbocycles. The number of nitrogens with zero attached hydrogens (tertiary/aromatic N) is 2. The molecule has 0 aliphatic carbocycles. The summed E-state index contributed by atoms with van der Waals surface area (Å²) in [6.07, 6.45) is 3.44. The van der Waals surface area contributed by atoms with Crippen LogP contribution in [-0.2, 0) is 30.3 Å². The predicted octanol–water partition coefficient (Wildman–Crippen LogP) is 3.54. The van der Waals surface area contributed by atoms with Gasteiger partial charge in [-0.3, -0.25) is 14.4 Å². The first-order valence-corrected chi connectivity index (χ1v) is 14.7. The minimum absolute atomic E-state index is 0.174. The topological polar surface area (TPSA) is 106 Å². The molecule has 3 fully saturated rings. The van der Waals surface area contributed by atoms with E-state index in [1.165, 1.54) is 4.90 Å². The number of ether oxygens (including phenoxy) is 3. The van der Waals surface area contributed by atoms with E-state index in [4.69, 9.17) is 14.2 Å². The maximum absolute atomic E-state index is 14.8. The van der Waals surface area contributed by atoms with E-state index in [1.807, 2.05) is 37.3 Å². The monoisotopic (exact) mass is 576 g/mol. The standard InChI is InChI=1S/C33H40N2O7/c1-5-19-34(23-13-15-25(40-4)16-14-23)30(38)28-33-18-17-32(6-2,42-33)27(31(39)41-7-3)26(33)29(37)35(28)24(21-36)20-22-11-9-8-10-12-22/h5,8-16,24,26-28,36H,1,6-7,17-21H2,2-4H3/t24-,26+,27+,28?,32-,33?/m1/s1. The Balaban J connectivity index is 1.63. The van der Waals surface area contributed by atoms with E-state index in [2.05, 4.69) is 6.58 Å². The number of amides is 2. The first kappa shape index (κ1) is 29.8. The summed E-state index contributed by atoms with van der Waals surface area (Å²) >= 11 is 0. The van der Waals surface area contributed by atoms with Crippen LogP contribution in [0, 0.1) is 11.8 Å². The molecule has 6 atom stereocenters. The number of carbonyl (C=O) groups is 3. The number of likely N-dealkylation sites (tertiary alicyclic amines) is 1. The summed E-state index contributed by atoms with van der Waals surface area (Å²) in [6, 6.07) is 14.9. The average Bonchev–Trinajstić information content (AvgIpc) is 3.62. The zero-order chi connectivity index (χ0) is 30.1. The van der Waals surface area contributed by atoms with Gasteiger partial charge < -0.3 is 29.1 Å². The van der Waals surface area contributed by atoms with E-state index in [1.54, 1.807) is 49.3 Å². The number of esters is 1. The molecule has 1 N–H and O–H groups in total. The van der Waals surface area contributed by atoms with Gasteiger partial charge in [0.25, 0.3) is 5.91 Å². The molecule has 3 aliphatic heterocycles. The highest BCUT2D eigenvalue weighted by Gasteiger charge is 2.79. The summed E-state index contributed by atoms with van der Waals surface area (Å²) in [7, 11) is 1.57. The largest absolute Gasteiger partial charge is 0.497 e. The lowest BCUT2D eigenvalue weighted by Gasteiger charge is -2.39. The zero-order valence-corrected chi connectivity index (χ0v) is 24.5. The Hall–Kier alpha value is -3.69. The number of hydrogen-bond acceptors (Lipinski definition) is 7. The summed E-state index contributed by atoms with van der Waals surface area (Å²) < 4.78 is 17.6. The van der Waals surface area contributed by atoms with Crippen molar-refractivity contribution in [1.82, 2.24) is 4.90 Å². The van der Waals surface area contributed by atoms with Gasteiger partial charge in [0.15, 0.2) is 0 Å². The van der Waals surface area contributed by atoms with Crippen molar-refractivity contribution >= 4 is 23.5 Å². The number of aliphatic hydroxyl groups excluding tert-OH is 1. The third-order valence-electron chi connectivity index (χ3n) is 9.27. The van der Waals surface area contributed by atoms with E-state index in [-0.39, 0.29) is 31.6 Å². The third-order valence-corrected chi connectivity index (χ3v) is 9.27. The van der Waals surface area contributed by atoms with Crippen molar-refractivity contribution in [2.75, 3.05) is 31.8 Å². The van der Waals surface area contributed by atoms with Crippen LogP contribution in [0.3, 0.4) is 0 Å². The van der Waals surface area contributed by atoms with Gasteiger partial charge in [-0.1, -0.05) is 43.3 Å². The van der Waals surface area contributed by atoms with Crippen molar-refractivity contribution in [3.05, 3.63) is 72.8 Å². The van der Waals surface area contributed by atoms with Crippen LogP contribution in [0.15, 0.2) is 67.3 Å². The molecule has 0 aromatic heterocycles. The van der Waals surface area contributed by atoms with E-state index < -0.39 is 41.1 Å². The Kier molecular flexibility index (Phi) is 8.44. The molecular weight excluding hydrogens is 536 g/mol. The molecular formula is C33H40N2O7. The van der Waals surface area contributed by atoms with Crippen molar-refractivity contribution < 1.29 is 33.7 Å². The summed E-state index contributed by atoms with van der Waals surface area (Å²) in [4.78, 5) is 46.0. The maximum Gasteiger partial charge on any atom is 0.312 e. The predicted molar refractivity (Wildman–Crippen MR) is 157 cm³/mol. The van der Waals surface area contributed by atoms with Crippen molar-refractivity contribution in [2.45, 2.75) is 62.8 Å². The van der Waals surface area contributed by atoms with Crippen molar-refractivity contribution in [3.8, 4) is 5.75 Å². The van der Waals surface area contributed by atoms with Gasteiger partial charge in [0.05, 0.1) is 37.9 Å². The van der Waals surface area contributed by atoms with Crippen LogP contribution < -0.4 is 9.64 Å². The molecule has 2 bridgehead atoms. The number of anilines is 1. The van der Waals surface area contributed by atoms with Crippen LogP contribution >= 0.6 is 0 Å². The smallest absolute Gasteiger partial charge is 0.312 e. The second kappa shape index (κ2) is 11.9. The minimum atomic E-state index is -1.24. The van der Waals surface area contributed by atoms with E-state index in [0.717, 1.165) is 5.56 Å². The number of benzene rings is 2. The van der Waals surface area contributed by atoms with Crippen LogP contribution in [-0.4, -0.2) is 77.9 Å². The number of fused-ring (bicyclic) bond motifs is 1. The van der Waals surface area contributed by atoms with Crippen LogP contribution in [0.5, 0.6) is 5.75 Å². The van der Waals surface area contributed by atoms with E-state index in [0.29, 0.717) is 37.1 Å². The highest BCUT2D eigenvalue weighted by Crippen LogP contribution is 2.65. The van der Waals surface area contributed by atoms with E-state index >= 15 is 0 Å². The lowest BCUT2D eigenvalue weighted by Crippen LogP contribution is -2.59. The van der Waals surface area contributed by atoms with Crippen molar-refractivity contribution in [3.63, 3.8) is 0 Å². The zero-order valence-electron chi connectivity index (χ0n) is 24.5. The molecule has 42 heavy (non-hydrogen) atoms. The van der Waals surface area contributed by atoms with E-state index in [9.17, 15) is 19.5 Å². The normalized spacial score (nSPS) is 28.3. The molecule has 2 unspecified atom stereocenters. The van der Waals surface area contributed by atoms with Crippen LogP contribution in [0.2, 0.25) is 0 Å². The van der Waals surface area contributed by atoms with Gasteiger partial charge in [0.1, 0.15) is 23.3 Å². The molecule has 3 saturated heterocycles. The number of methoxy groups -OCH3 is 1. The van der Waals surface area contributed by atoms with Gasteiger partial charge in [-0.25, -0.2) is 0 Å². The van der Waals surface area contributed by atoms with Gasteiger partial charge in [-0.2, -0.15) is 0 Å². The summed E-state index contributed by atoms with van der Waals surface area (Å²) in [5.74, 6) is -2.28. The quantitative estimate of drug-likeness (QED) is 0.304. The second-order valence-corrected chi connectivity index (χ2v) is 11.3. The highest BCUT2D eigenvalue weighted by atomic mass is 16.6. The molecule has 1 spiro atoms. The molecule has 5 rings (SSSR count). The molecule has 3 aliphatic rings. The first-order chi connectivity index (χ1) is 20.3. The number of rotatable bonds is 12. The van der Waals surface area contributed by atoms with Gasteiger partial charge in [-0.05, 0) is 62.4 Å². The fourth-order valence-electron chi connectivity index (χ4n) is 7.42. The Morgan fingerprint density at radius 3 is 2.48 bits per heavy atom. The molecule has 0 saturated carbocycles. The molecule has 2 aromatic rings. The number of carbonyl (C=O) groups excluding carboxylic acids is 3. The van der Waals surface area contributed by atoms with Gasteiger partial charge in [0.2, 0.25) is 5.91 Å². The Bertz CT molecular complexity index is 1320. The fourth-order valence-corrected chi connectivity index (χ4v) is 7.42. The molecule has 224 valence electrons. The SMILES string of the molecule is C=CCN(C(=O)C1N([C@@H](CO)Cc2ccccc2)C(=O)[C@@H]2[C@@H](C(=O)OCC)[C@@]3(CC)CCC12O3)c1ccc(OC)cc1. The molecule has 3 heterocycles. The molecule has 2 amide bonds. The van der Waals surface area contributed by atoms with Crippen molar-refractivity contribution in [2.24, 2.45) is 11.8 Å². The Labute approximate surface area is 247 Å². The van der Waals surface area contributed by atoms with Gasteiger partial charge in [-0.15, -0.1) is 6.58 Å². The van der Waals surface area contributed by atoms with Gasteiger partial charge in [0, 0.05) is 12.2 Å². The lowest BCUT2D eigenvalue weighted by atomic mass is 9.65. The van der Waals surface area contributed by atoms with Crippen LogP contribution in [0.4, 0.5) is 5.69 Å². The first-order valence-electron chi connectivity index (χ1n) is 14.7.